The monoisotopic (exact) mass is 265 g/mol. The molecule has 0 fully saturated rings. The number of rotatable bonds is 7. The van der Waals surface area contributed by atoms with E-state index in [1.807, 2.05) is 6.92 Å². The molecule has 0 heterocycles. The molecule has 1 rings (SSSR count). The Morgan fingerprint density at radius 1 is 0.895 bits per heavy atom. The fourth-order valence-corrected chi connectivity index (χ4v) is 2.12. The predicted molar refractivity (Wildman–Crippen MR) is 81.8 cm³/mol. The van der Waals surface area contributed by atoms with Gasteiger partial charge >= 0.3 is 0 Å². The SMILES string of the molecule is CCCC[O-].CC[N+](CC)(CC)Cc1ccccc1. The molecule has 0 aliphatic carbocycles. The smallest absolute Gasteiger partial charge is 0.104 e. The highest BCUT2D eigenvalue weighted by Gasteiger charge is 2.20. The molecule has 0 aliphatic rings. The van der Waals surface area contributed by atoms with Gasteiger partial charge in [-0.3, -0.25) is 0 Å². The van der Waals surface area contributed by atoms with E-state index in [1.54, 1.807) is 0 Å². The number of nitrogens with zero attached hydrogens (tertiary/aromatic N) is 1. The zero-order valence-electron chi connectivity index (χ0n) is 13.2. The third kappa shape index (κ3) is 7.34. The van der Waals surface area contributed by atoms with Crippen LogP contribution in [0.25, 0.3) is 0 Å². The highest BCUT2D eigenvalue weighted by atomic mass is 16.2. The van der Waals surface area contributed by atoms with E-state index in [0.717, 1.165) is 12.8 Å². The molecular formula is C17H31NO. The summed E-state index contributed by atoms with van der Waals surface area (Å²) in [6, 6.07) is 10.8. The van der Waals surface area contributed by atoms with Gasteiger partial charge in [-0.25, -0.2) is 0 Å². The quantitative estimate of drug-likeness (QED) is 0.694. The van der Waals surface area contributed by atoms with E-state index in [0.29, 0.717) is 0 Å². The third-order valence-electron chi connectivity index (χ3n) is 3.87. The molecule has 0 aliphatic heterocycles. The van der Waals surface area contributed by atoms with Crippen LogP contribution in [0.4, 0.5) is 0 Å². The van der Waals surface area contributed by atoms with E-state index < -0.39 is 0 Å². The first-order valence-corrected chi connectivity index (χ1v) is 7.65. The topological polar surface area (TPSA) is 23.1 Å². The summed E-state index contributed by atoms with van der Waals surface area (Å²) in [6.45, 7) is 13.8. The second-order valence-electron chi connectivity index (χ2n) is 4.99. The van der Waals surface area contributed by atoms with Gasteiger partial charge in [0.25, 0.3) is 0 Å². The Labute approximate surface area is 119 Å². The van der Waals surface area contributed by atoms with E-state index in [9.17, 15) is 5.11 Å². The molecule has 0 N–H and O–H groups in total. The average Bonchev–Trinajstić information content (AvgIpc) is 2.47. The Balaban J connectivity index is 0.000000555. The van der Waals surface area contributed by atoms with E-state index in [4.69, 9.17) is 0 Å². The normalized spacial score (nSPS) is 10.8. The summed E-state index contributed by atoms with van der Waals surface area (Å²) in [7, 11) is 0. The van der Waals surface area contributed by atoms with Gasteiger partial charge in [0.2, 0.25) is 0 Å². The fourth-order valence-electron chi connectivity index (χ4n) is 2.12. The van der Waals surface area contributed by atoms with Crippen molar-refractivity contribution in [2.75, 3.05) is 26.2 Å². The molecule has 0 amide bonds. The summed E-state index contributed by atoms with van der Waals surface area (Å²) in [6.07, 6.45) is 1.86. The van der Waals surface area contributed by atoms with Gasteiger partial charge in [0.05, 0.1) is 19.6 Å². The molecule has 0 saturated carbocycles. The van der Waals surface area contributed by atoms with Crippen LogP contribution in [0.1, 0.15) is 46.1 Å². The van der Waals surface area contributed by atoms with Crippen molar-refractivity contribution in [1.29, 1.82) is 0 Å². The van der Waals surface area contributed by atoms with Gasteiger partial charge in [0.1, 0.15) is 6.54 Å². The minimum atomic E-state index is 0.0938. The largest absolute Gasteiger partial charge is 0.854 e. The van der Waals surface area contributed by atoms with E-state index in [2.05, 4.69) is 51.1 Å². The Kier molecular flexibility index (Phi) is 10.5. The van der Waals surface area contributed by atoms with Crippen LogP contribution in [0.5, 0.6) is 0 Å². The minimum absolute atomic E-state index is 0.0938. The van der Waals surface area contributed by atoms with Crippen LogP contribution in [0.2, 0.25) is 0 Å². The molecule has 0 radical (unpaired) electrons. The molecule has 2 nitrogen and oxygen atoms in total. The highest BCUT2D eigenvalue weighted by molar-refractivity contribution is 5.13. The van der Waals surface area contributed by atoms with Crippen molar-refractivity contribution in [3.8, 4) is 0 Å². The first-order chi connectivity index (χ1) is 9.17. The fraction of sp³-hybridized carbons (Fsp3) is 0.647. The summed E-state index contributed by atoms with van der Waals surface area (Å²) in [5.41, 5.74) is 1.46. The number of hydrogen-bond donors (Lipinski definition) is 0. The molecule has 0 spiro atoms. The lowest BCUT2D eigenvalue weighted by Gasteiger charge is -2.35. The molecule has 0 atom stereocenters. The van der Waals surface area contributed by atoms with Crippen LogP contribution in [0, 0.1) is 0 Å². The zero-order valence-corrected chi connectivity index (χ0v) is 13.2. The summed E-state index contributed by atoms with van der Waals surface area (Å²) in [5.74, 6) is 0. The summed E-state index contributed by atoms with van der Waals surface area (Å²) in [5, 5.41) is 9.53. The number of quaternary nitrogens is 1. The zero-order chi connectivity index (χ0) is 14.6. The van der Waals surface area contributed by atoms with Crippen molar-refractivity contribution in [2.24, 2.45) is 0 Å². The minimum Gasteiger partial charge on any atom is -0.854 e. The van der Waals surface area contributed by atoms with Crippen molar-refractivity contribution in [3.63, 3.8) is 0 Å². The first-order valence-electron chi connectivity index (χ1n) is 7.65. The number of unbranched alkanes of at least 4 members (excludes halogenated alkanes) is 1. The summed E-state index contributed by atoms with van der Waals surface area (Å²) >= 11 is 0. The van der Waals surface area contributed by atoms with Crippen molar-refractivity contribution in [3.05, 3.63) is 35.9 Å². The maximum absolute atomic E-state index is 9.53. The molecule has 0 unspecified atom stereocenters. The molecule has 0 saturated heterocycles. The average molecular weight is 265 g/mol. The van der Waals surface area contributed by atoms with Crippen LogP contribution in [0.15, 0.2) is 30.3 Å². The van der Waals surface area contributed by atoms with Gasteiger partial charge in [0, 0.05) is 5.56 Å². The highest BCUT2D eigenvalue weighted by Crippen LogP contribution is 2.13. The molecule has 0 bridgehead atoms. The van der Waals surface area contributed by atoms with Crippen LogP contribution in [0.3, 0.4) is 0 Å². The van der Waals surface area contributed by atoms with E-state index >= 15 is 0 Å². The standard InChI is InChI=1S/C13H22N.C4H9O/c1-4-14(5-2,6-3)12-13-10-8-7-9-11-13;1-2-3-4-5/h7-11H,4-6,12H2,1-3H3;2-4H2,1H3/q+1;-1. The third-order valence-corrected chi connectivity index (χ3v) is 3.87. The second kappa shape index (κ2) is 11.0. The van der Waals surface area contributed by atoms with Crippen molar-refractivity contribution in [2.45, 2.75) is 47.1 Å². The van der Waals surface area contributed by atoms with Gasteiger partial charge in [-0.05, 0) is 20.8 Å². The van der Waals surface area contributed by atoms with Crippen molar-refractivity contribution >= 4 is 0 Å². The lowest BCUT2D eigenvalue weighted by atomic mass is 10.2. The van der Waals surface area contributed by atoms with Crippen LogP contribution in [-0.4, -0.2) is 30.7 Å². The Hall–Kier alpha value is -0.860. The van der Waals surface area contributed by atoms with Gasteiger partial charge < -0.3 is 9.59 Å². The summed E-state index contributed by atoms with van der Waals surface area (Å²) < 4.78 is 1.20. The molecule has 1 aromatic rings. The maximum Gasteiger partial charge on any atom is 0.104 e. The van der Waals surface area contributed by atoms with Crippen LogP contribution >= 0.6 is 0 Å². The van der Waals surface area contributed by atoms with Gasteiger partial charge in [-0.2, -0.15) is 0 Å². The number of benzene rings is 1. The van der Waals surface area contributed by atoms with Crippen molar-refractivity contribution in [1.82, 2.24) is 0 Å². The molecule has 110 valence electrons. The Bertz CT molecular complexity index is 283. The molecule has 1 aromatic carbocycles. The predicted octanol–water partition coefficient (Wildman–Crippen LogP) is 3.21. The Morgan fingerprint density at radius 3 is 1.74 bits per heavy atom. The molecular weight excluding hydrogens is 234 g/mol. The number of hydrogen-bond acceptors (Lipinski definition) is 1. The lowest BCUT2D eigenvalue weighted by molar-refractivity contribution is -0.936. The van der Waals surface area contributed by atoms with Gasteiger partial charge in [-0.15, -0.1) is 6.61 Å². The molecule has 0 aromatic heterocycles. The van der Waals surface area contributed by atoms with Crippen molar-refractivity contribution < 1.29 is 9.59 Å². The van der Waals surface area contributed by atoms with E-state index in [-0.39, 0.29) is 6.61 Å². The summed E-state index contributed by atoms with van der Waals surface area (Å²) in [4.78, 5) is 0. The second-order valence-corrected chi connectivity index (χ2v) is 4.99. The molecule has 19 heavy (non-hydrogen) atoms. The van der Waals surface area contributed by atoms with Gasteiger partial charge in [0.15, 0.2) is 0 Å². The first kappa shape index (κ1) is 18.1. The van der Waals surface area contributed by atoms with E-state index in [1.165, 1.54) is 36.2 Å². The maximum atomic E-state index is 9.53. The lowest BCUT2D eigenvalue weighted by Crippen LogP contribution is -2.46. The van der Waals surface area contributed by atoms with Crippen LogP contribution in [-0.2, 0) is 6.54 Å². The molecule has 2 heteroatoms. The Morgan fingerprint density at radius 2 is 1.42 bits per heavy atom. The van der Waals surface area contributed by atoms with Gasteiger partial charge in [-0.1, -0.05) is 50.1 Å². The van der Waals surface area contributed by atoms with Crippen LogP contribution < -0.4 is 5.11 Å².